The van der Waals surface area contributed by atoms with E-state index in [-0.39, 0.29) is 6.29 Å². The zero-order valence-corrected chi connectivity index (χ0v) is 12.2. The van der Waals surface area contributed by atoms with E-state index in [2.05, 4.69) is 0 Å². The topological polar surface area (TPSA) is 27.7 Å². The van der Waals surface area contributed by atoms with Gasteiger partial charge >= 0.3 is 0 Å². The summed E-state index contributed by atoms with van der Waals surface area (Å²) in [7, 11) is 0. The molecule has 3 nitrogen and oxygen atoms in total. The van der Waals surface area contributed by atoms with E-state index in [1.807, 2.05) is 39.8 Å². The molecule has 18 heavy (non-hydrogen) atoms. The Bertz CT molecular complexity index is 350. The number of hydrogen-bond acceptors (Lipinski definition) is 3. The lowest BCUT2D eigenvalue weighted by Crippen LogP contribution is -2.25. The molecule has 0 aliphatic heterocycles. The second-order valence-electron chi connectivity index (χ2n) is 4.02. The molecule has 0 fully saturated rings. The van der Waals surface area contributed by atoms with Gasteiger partial charge in [-0.2, -0.15) is 0 Å². The molecule has 0 radical (unpaired) electrons. The SMILES string of the molecule is CCOC(COc1c(C)cc(Cl)cc1C)OCC. The van der Waals surface area contributed by atoms with Crippen molar-refractivity contribution in [2.75, 3.05) is 19.8 Å². The van der Waals surface area contributed by atoms with Gasteiger partial charge in [-0.15, -0.1) is 0 Å². The fraction of sp³-hybridized carbons (Fsp3) is 0.571. The lowest BCUT2D eigenvalue weighted by molar-refractivity contribution is -0.152. The summed E-state index contributed by atoms with van der Waals surface area (Å²) in [5.74, 6) is 0.851. The number of rotatable bonds is 7. The Morgan fingerprint density at radius 2 is 1.56 bits per heavy atom. The Kier molecular flexibility index (Phi) is 6.47. The minimum atomic E-state index is -0.325. The van der Waals surface area contributed by atoms with E-state index in [4.69, 9.17) is 25.8 Å². The van der Waals surface area contributed by atoms with Crippen LogP contribution in [0.2, 0.25) is 5.02 Å². The maximum atomic E-state index is 5.98. The third kappa shape index (κ3) is 4.48. The summed E-state index contributed by atoms with van der Waals surface area (Å²) in [5.41, 5.74) is 2.04. The van der Waals surface area contributed by atoms with Crippen LogP contribution in [0, 0.1) is 13.8 Å². The van der Waals surface area contributed by atoms with Crippen LogP contribution in [0.4, 0.5) is 0 Å². The van der Waals surface area contributed by atoms with E-state index in [9.17, 15) is 0 Å². The average Bonchev–Trinajstić information content (AvgIpc) is 2.28. The van der Waals surface area contributed by atoms with Crippen LogP contribution in [0.15, 0.2) is 12.1 Å². The molecule has 1 aromatic rings. The molecule has 0 saturated heterocycles. The smallest absolute Gasteiger partial charge is 0.191 e. The summed E-state index contributed by atoms with van der Waals surface area (Å²) in [4.78, 5) is 0. The Balaban J connectivity index is 2.66. The Labute approximate surface area is 114 Å². The Morgan fingerprint density at radius 1 is 1.06 bits per heavy atom. The van der Waals surface area contributed by atoms with Crippen LogP contribution in [-0.4, -0.2) is 26.1 Å². The highest BCUT2D eigenvalue weighted by Crippen LogP contribution is 2.27. The second-order valence-corrected chi connectivity index (χ2v) is 4.46. The first kappa shape index (κ1) is 15.3. The Morgan fingerprint density at radius 3 is 2.00 bits per heavy atom. The zero-order valence-electron chi connectivity index (χ0n) is 11.5. The molecule has 4 heteroatoms. The quantitative estimate of drug-likeness (QED) is 0.708. The molecule has 1 aromatic carbocycles. The van der Waals surface area contributed by atoms with Gasteiger partial charge in [0, 0.05) is 18.2 Å². The molecule has 0 bridgehead atoms. The highest BCUT2D eigenvalue weighted by molar-refractivity contribution is 6.30. The number of ether oxygens (including phenoxy) is 3. The van der Waals surface area contributed by atoms with Gasteiger partial charge in [-0.1, -0.05) is 11.6 Å². The minimum Gasteiger partial charge on any atom is -0.488 e. The van der Waals surface area contributed by atoms with Gasteiger partial charge in [-0.3, -0.25) is 0 Å². The van der Waals surface area contributed by atoms with Gasteiger partial charge in [0.2, 0.25) is 0 Å². The van der Waals surface area contributed by atoms with Crippen LogP contribution < -0.4 is 4.74 Å². The lowest BCUT2D eigenvalue weighted by Gasteiger charge is -2.19. The van der Waals surface area contributed by atoms with Gasteiger partial charge < -0.3 is 14.2 Å². The second kappa shape index (κ2) is 7.62. The van der Waals surface area contributed by atoms with Crippen molar-refractivity contribution in [2.24, 2.45) is 0 Å². The molecule has 0 aromatic heterocycles. The number of aryl methyl sites for hydroxylation is 2. The van der Waals surface area contributed by atoms with E-state index in [1.54, 1.807) is 0 Å². The Hall–Kier alpha value is -0.770. The predicted octanol–water partition coefficient (Wildman–Crippen LogP) is 3.73. The molecular weight excluding hydrogens is 252 g/mol. The largest absolute Gasteiger partial charge is 0.488 e. The summed E-state index contributed by atoms with van der Waals surface area (Å²) >= 11 is 5.98. The molecule has 102 valence electrons. The summed E-state index contributed by atoms with van der Waals surface area (Å²) < 4.78 is 16.6. The first-order valence-electron chi connectivity index (χ1n) is 6.21. The number of hydrogen-bond donors (Lipinski definition) is 0. The normalized spacial score (nSPS) is 11.0. The summed E-state index contributed by atoms with van der Waals surface area (Å²) in [5, 5.41) is 0.725. The van der Waals surface area contributed by atoms with Gasteiger partial charge in [-0.05, 0) is 51.0 Å². The van der Waals surface area contributed by atoms with Crippen LogP contribution in [0.5, 0.6) is 5.75 Å². The summed E-state index contributed by atoms with van der Waals surface area (Å²) in [6, 6.07) is 3.78. The third-order valence-electron chi connectivity index (χ3n) is 2.49. The molecule has 0 aliphatic rings. The van der Waals surface area contributed by atoms with Gasteiger partial charge in [0.1, 0.15) is 12.4 Å². The molecule has 0 spiro atoms. The van der Waals surface area contributed by atoms with Crippen molar-refractivity contribution in [1.82, 2.24) is 0 Å². The van der Waals surface area contributed by atoms with E-state index < -0.39 is 0 Å². The molecule has 0 atom stereocenters. The minimum absolute atomic E-state index is 0.325. The standard InChI is InChI=1S/C14H21ClO3/c1-5-16-13(17-6-2)9-18-14-10(3)7-12(15)8-11(14)4/h7-8,13H,5-6,9H2,1-4H3. The molecule has 0 unspecified atom stereocenters. The first-order chi connectivity index (χ1) is 8.58. The van der Waals surface area contributed by atoms with E-state index in [0.717, 1.165) is 21.9 Å². The molecule has 0 amide bonds. The number of benzene rings is 1. The predicted molar refractivity (Wildman–Crippen MR) is 73.5 cm³/mol. The van der Waals surface area contributed by atoms with Gasteiger partial charge in [0.05, 0.1) is 0 Å². The molecular formula is C14H21ClO3. The summed E-state index contributed by atoms with van der Waals surface area (Å²) in [6.45, 7) is 9.41. The number of halogens is 1. The molecule has 0 heterocycles. The zero-order chi connectivity index (χ0) is 13.5. The monoisotopic (exact) mass is 272 g/mol. The van der Waals surface area contributed by atoms with Gasteiger partial charge in [0.15, 0.2) is 6.29 Å². The van der Waals surface area contributed by atoms with E-state index in [0.29, 0.717) is 19.8 Å². The van der Waals surface area contributed by atoms with Crippen molar-refractivity contribution >= 4 is 11.6 Å². The molecule has 1 rings (SSSR count). The van der Waals surface area contributed by atoms with Crippen molar-refractivity contribution in [2.45, 2.75) is 34.0 Å². The lowest BCUT2D eigenvalue weighted by atomic mass is 10.1. The van der Waals surface area contributed by atoms with Crippen LogP contribution in [0.3, 0.4) is 0 Å². The highest BCUT2D eigenvalue weighted by Gasteiger charge is 2.12. The first-order valence-corrected chi connectivity index (χ1v) is 6.59. The average molecular weight is 273 g/mol. The summed E-state index contributed by atoms with van der Waals surface area (Å²) in [6.07, 6.45) is -0.325. The fourth-order valence-electron chi connectivity index (χ4n) is 1.79. The van der Waals surface area contributed by atoms with Gasteiger partial charge in [0.25, 0.3) is 0 Å². The van der Waals surface area contributed by atoms with Crippen molar-refractivity contribution in [1.29, 1.82) is 0 Å². The van der Waals surface area contributed by atoms with Gasteiger partial charge in [-0.25, -0.2) is 0 Å². The van der Waals surface area contributed by atoms with Crippen molar-refractivity contribution in [3.63, 3.8) is 0 Å². The maximum Gasteiger partial charge on any atom is 0.191 e. The van der Waals surface area contributed by atoms with Crippen molar-refractivity contribution in [3.8, 4) is 5.75 Å². The molecule has 0 aliphatic carbocycles. The third-order valence-corrected chi connectivity index (χ3v) is 2.71. The van der Waals surface area contributed by atoms with Crippen molar-refractivity contribution < 1.29 is 14.2 Å². The molecule has 0 saturated carbocycles. The van der Waals surface area contributed by atoms with E-state index >= 15 is 0 Å². The van der Waals surface area contributed by atoms with E-state index in [1.165, 1.54) is 0 Å². The highest BCUT2D eigenvalue weighted by atomic mass is 35.5. The maximum absolute atomic E-state index is 5.98. The van der Waals surface area contributed by atoms with Crippen LogP contribution >= 0.6 is 11.6 Å². The van der Waals surface area contributed by atoms with Crippen LogP contribution in [0.1, 0.15) is 25.0 Å². The van der Waals surface area contributed by atoms with Crippen molar-refractivity contribution in [3.05, 3.63) is 28.3 Å². The fourth-order valence-corrected chi connectivity index (χ4v) is 2.12. The molecule has 0 N–H and O–H groups in total. The van der Waals surface area contributed by atoms with Crippen LogP contribution in [-0.2, 0) is 9.47 Å². The van der Waals surface area contributed by atoms with Crippen LogP contribution in [0.25, 0.3) is 0 Å².